The molecule has 0 atom stereocenters. The van der Waals surface area contributed by atoms with Crippen LogP contribution in [0.2, 0.25) is 0 Å². The lowest BCUT2D eigenvalue weighted by Crippen LogP contribution is -2.46. The standard InChI is InChI=1S/C35H37N5O5/c1-25-12-10-14-27(20-25)37-35(44)36-22-32(41)40(23-33(42)38(3)28-15-6-5-7-16-28)29-17-11-18-30(21-29)45-24-34(43)39(4)31-19-9-8-13-26(31)2/h5-21H,22-24H2,1-4H3,(H2,36,37,44). The number of nitrogens with one attached hydrogen (secondary N) is 2. The summed E-state index contributed by atoms with van der Waals surface area (Å²) < 4.78 is 5.81. The van der Waals surface area contributed by atoms with Crippen LogP contribution in [0.3, 0.4) is 0 Å². The Kier molecular flexibility index (Phi) is 10.9. The summed E-state index contributed by atoms with van der Waals surface area (Å²) in [4.78, 5) is 56.6. The number of aryl methyl sites for hydroxylation is 2. The smallest absolute Gasteiger partial charge is 0.319 e. The lowest BCUT2D eigenvalue weighted by Gasteiger charge is -2.26. The zero-order valence-electron chi connectivity index (χ0n) is 25.8. The number of nitrogens with zero attached hydrogens (tertiary/aromatic N) is 3. The summed E-state index contributed by atoms with van der Waals surface area (Å²) >= 11 is 0. The molecule has 0 aliphatic heterocycles. The molecule has 4 aromatic carbocycles. The molecule has 45 heavy (non-hydrogen) atoms. The van der Waals surface area contributed by atoms with E-state index in [1.807, 2.05) is 68.4 Å². The summed E-state index contributed by atoms with van der Waals surface area (Å²) in [5.41, 5.74) is 4.32. The molecule has 5 amide bonds. The number of hydrogen-bond acceptors (Lipinski definition) is 5. The average Bonchev–Trinajstić information content (AvgIpc) is 3.05. The van der Waals surface area contributed by atoms with Gasteiger partial charge in [-0.2, -0.15) is 0 Å². The highest BCUT2D eigenvalue weighted by Gasteiger charge is 2.23. The van der Waals surface area contributed by atoms with Crippen molar-refractivity contribution in [2.45, 2.75) is 13.8 Å². The SMILES string of the molecule is Cc1cccc(NC(=O)NCC(=O)N(CC(=O)N(C)c2ccccc2)c2cccc(OCC(=O)N(C)c3ccccc3C)c2)c1. The van der Waals surface area contributed by atoms with Gasteiger partial charge in [0.15, 0.2) is 6.61 Å². The molecule has 4 aromatic rings. The van der Waals surface area contributed by atoms with E-state index in [4.69, 9.17) is 4.74 Å². The van der Waals surface area contributed by atoms with Crippen molar-refractivity contribution in [3.8, 4) is 5.75 Å². The second-order valence-corrected chi connectivity index (χ2v) is 10.5. The normalized spacial score (nSPS) is 10.4. The monoisotopic (exact) mass is 607 g/mol. The van der Waals surface area contributed by atoms with Crippen LogP contribution in [0.15, 0.2) is 103 Å². The van der Waals surface area contributed by atoms with Crippen LogP contribution < -0.4 is 30.1 Å². The van der Waals surface area contributed by atoms with E-state index in [0.717, 1.165) is 16.8 Å². The highest BCUT2D eigenvalue weighted by atomic mass is 16.5. The van der Waals surface area contributed by atoms with Gasteiger partial charge >= 0.3 is 6.03 Å². The Morgan fingerprint density at radius 1 is 0.689 bits per heavy atom. The summed E-state index contributed by atoms with van der Waals surface area (Å²) in [6.07, 6.45) is 0. The van der Waals surface area contributed by atoms with Gasteiger partial charge < -0.3 is 30.1 Å². The molecule has 232 valence electrons. The van der Waals surface area contributed by atoms with Crippen LogP contribution in [-0.2, 0) is 14.4 Å². The maximum absolute atomic E-state index is 13.5. The maximum atomic E-state index is 13.5. The lowest BCUT2D eigenvalue weighted by atomic mass is 10.2. The molecule has 2 N–H and O–H groups in total. The Labute approximate surface area is 263 Å². The highest BCUT2D eigenvalue weighted by molar-refractivity contribution is 6.05. The quantitative estimate of drug-likeness (QED) is 0.245. The van der Waals surface area contributed by atoms with Crippen molar-refractivity contribution in [2.24, 2.45) is 0 Å². The lowest BCUT2D eigenvalue weighted by molar-refractivity contribution is -0.121. The molecule has 0 bridgehead atoms. The second-order valence-electron chi connectivity index (χ2n) is 10.5. The van der Waals surface area contributed by atoms with E-state index in [1.54, 1.807) is 62.6 Å². The summed E-state index contributed by atoms with van der Waals surface area (Å²) in [6, 6.07) is 29.9. The van der Waals surface area contributed by atoms with E-state index in [9.17, 15) is 19.2 Å². The number of hydrogen-bond donors (Lipinski definition) is 2. The average molecular weight is 608 g/mol. The summed E-state index contributed by atoms with van der Waals surface area (Å²) in [5, 5.41) is 5.28. The molecule has 0 saturated carbocycles. The molecule has 0 aliphatic carbocycles. The molecule has 0 spiro atoms. The van der Waals surface area contributed by atoms with Gasteiger partial charge in [-0.25, -0.2) is 4.79 Å². The highest BCUT2D eigenvalue weighted by Crippen LogP contribution is 2.23. The molecule has 0 unspecified atom stereocenters. The van der Waals surface area contributed by atoms with Gasteiger partial charge in [-0.05, 0) is 67.4 Å². The Hall–Kier alpha value is -5.64. The zero-order chi connectivity index (χ0) is 32.3. The van der Waals surface area contributed by atoms with Crippen molar-refractivity contribution < 1.29 is 23.9 Å². The van der Waals surface area contributed by atoms with E-state index < -0.39 is 11.9 Å². The van der Waals surface area contributed by atoms with Crippen molar-refractivity contribution >= 4 is 46.5 Å². The van der Waals surface area contributed by atoms with Gasteiger partial charge in [0.05, 0.1) is 6.54 Å². The molecule has 4 rings (SSSR count). The van der Waals surface area contributed by atoms with Crippen LogP contribution in [-0.4, -0.2) is 57.5 Å². The van der Waals surface area contributed by atoms with E-state index >= 15 is 0 Å². The molecular weight excluding hydrogens is 570 g/mol. The molecule has 0 aromatic heterocycles. The molecule has 0 radical (unpaired) electrons. The van der Waals surface area contributed by atoms with Crippen molar-refractivity contribution in [1.29, 1.82) is 0 Å². The van der Waals surface area contributed by atoms with Crippen LogP contribution in [0.4, 0.5) is 27.5 Å². The van der Waals surface area contributed by atoms with Gasteiger partial charge in [0.1, 0.15) is 12.3 Å². The third-order valence-electron chi connectivity index (χ3n) is 7.13. The molecule has 10 heteroatoms. The van der Waals surface area contributed by atoms with E-state index in [0.29, 0.717) is 22.8 Å². The number of rotatable bonds is 11. The van der Waals surface area contributed by atoms with E-state index in [1.165, 1.54) is 14.7 Å². The first kappa shape index (κ1) is 32.3. The molecule has 0 aliphatic rings. The molecule has 10 nitrogen and oxygen atoms in total. The molecule has 0 saturated heterocycles. The minimum absolute atomic E-state index is 0.238. The Morgan fingerprint density at radius 3 is 2.11 bits per heavy atom. The third kappa shape index (κ3) is 8.93. The van der Waals surface area contributed by atoms with Gasteiger partial charge in [0, 0.05) is 42.9 Å². The second kappa shape index (κ2) is 15.2. The number of likely N-dealkylation sites (N-methyl/N-ethyl adjacent to an activating group) is 2. The van der Waals surface area contributed by atoms with E-state index in [2.05, 4.69) is 10.6 Å². The van der Waals surface area contributed by atoms with Gasteiger partial charge in [-0.3, -0.25) is 14.4 Å². The first-order chi connectivity index (χ1) is 21.6. The predicted octanol–water partition coefficient (Wildman–Crippen LogP) is 5.16. The summed E-state index contributed by atoms with van der Waals surface area (Å²) in [5.74, 6) is -0.784. The van der Waals surface area contributed by atoms with Crippen molar-refractivity contribution in [1.82, 2.24) is 5.32 Å². The van der Waals surface area contributed by atoms with Crippen molar-refractivity contribution in [2.75, 3.05) is 53.8 Å². The van der Waals surface area contributed by atoms with Gasteiger partial charge in [-0.15, -0.1) is 0 Å². The van der Waals surface area contributed by atoms with E-state index in [-0.39, 0.29) is 31.5 Å². The zero-order valence-corrected chi connectivity index (χ0v) is 25.8. The minimum Gasteiger partial charge on any atom is -0.484 e. The fourth-order valence-corrected chi connectivity index (χ4v) is 4.57. The fourth-order valence-electron chi connectivity index (χ4n) is 4.57. The number of carbonyl (C=O) groups excluding carboxylic acids is 4. The van der Waals surface area contributed by atoms with Crippen molar-refractivity contribution in [3.63, 3.8) is 0 Å². The number of para-hydroxylation sites is 2. The maximum Gasteiger partial charge on any atom is 0.319 e. The molecular formula is C35H37N5O5. The van der Waals surface area contributed by atoms with Gasteiger partial charge in [0.25, 0.3) is 5.91 Å². The van der Waals surface area contributed by atoms with Crippen LogP contribution in [0.25, 0.3) is 0 Å². The molecule has 0 heterocycles. The van der Waals surface area contributed by atoms with Gasteiger partial charge in [-0.1, -0.05) is 54.6 Å². The predicted molar refractivity (Wildman–Crippen MR) is 177 cm³/mol. The summed E-state index contributed by atoms with van der Waals surface area (Å²) in [6.45, 7) is 2.92. The first-order valence-corrected chi connectivity index (χ1v) is 14.4. The number of amides is 5. The van der Waals surface area contributed by atoms with Crippen LogP contribution in [0.5, 0.6) is 5.75 Å². The van der Waals surface area contributed by atoms with Gasteiger partial charge in [0.2, 0.25) is 11.8 Å². The summed E-state index contributed by atoms with van der Waals surface area (Å²) in [7, 11) is 3.31. The minimum atomic E-state index is -0.560. The number of anilines is 4. The molecule has 0 fully saturated rings. The van der Waals surface area contributed by atoms with Crippen LogP contribution in [0.1, 0.15) is 11.1 Å². The number of benzene rings is 4. The fraction of sp³-hybridized carbons (Fsp3) is 0.200. The Bertz CT molecular complexity index is 1660. The number of carbonyl (C=O) groups is 4. The number of urea groups is 1. The topological polar surface area (TPSA) is 111 Å². The number of ether oxygens (including phenoxy) is 1. The van der Waals surface area contributed by atoms with Crippen molar-refractivity contribution in [3.05, 3.63) is 114 Å². The Balaban J connectivity index is 1.48. The van der Waals surface area contributed by atoms with Crippen LogP contribution in [0, 0.1) is 13.8 Å². The largest absolute Gasteiger partial charge is 0.484 e. The third-order valence-corrected chi connectivity index (χ3v) is 7.13. The first-order valence-electron chi connectivity index (χ1n) is 14.4. The Morgan fingerprint density at radius 2 is 1.38 bits per heavy atom. The van der Waals surface area contributed by atoms with Crippen LogP contribution >= 0.6 is 0 Å².